The summed E-state index contributed by atoms with van der Waals surface area (Å²) in [5.74, 6) is -0.327. The van der Waals surface area contributed by atoms with Gasteiger partial charge in [0.2, 0.25) is 0 Å². The largest absolute Gasteiger partial charge is 0.461 e. The summed E-state index contributed by atoms with van der Waals surface area (Å²) in [6, 6.07) is 0. The topological polar surface area (TPSA) is 55.0 Å². The second-order valence-corrected chi connectivity index (χ2v) is 2.34. The number of hydrogen-bond acceptors (Lipinski definition) is 3. The van der Waals surface area contributed by atoms with E-state index in [1.54, 1.807) is 13.1 Å². The van der Waals surface area contributed by atoms with Crippen LogP contribution in [0.1, 0.15) is 29.9 Å². The highest BCUT2D eigenvalue weighted by Gasteiger charge is 2.12. The number of carbonyl (C=O) groups excluding carboxylic acids is 1. The summed E-state index contributed by atoms with van der Waals surface area (Å²) < 4.78 is 4.82. The Kier molecular flexibility index (Phi) is 2.85. The van der Waals surface area contributed by atoms with Gasteiger partial charge in [-0.05, 0) is 13.3 Å². The predicted molar refractivity (Wildman–Crippen MR) is 43.9 cm³/mol. The Labute approximate surface area is 70.9 Å². The Hall–Kier alpha value is -1.32. The molecule has 0 unspecified atom stereocenters. The van der Waals surface area contributed by atoms with Crippen LogP contribution in [0.15, 0.2) is 6.20 Å². The monoisotopic (exact) mass is 168 g/mol. The maximum absolute atomic E-state index is 11.2. The highest BCUT2D eigenvalue weighted by atomic mass is 16.5. The Morgan fingerprint density at radius 2 is 2.42 bits per heavy atom. The van der Waals surface area contributed by atoms with Crippen LogP contribution in [-0.2, 0) is 11.2 Å². The molecule has 4 nitrogen and oxygen atoms in total. The van der Waals surface area contributed by atoms with E-state index in [1.165, 1.54) is 0 Å². The van der Waals surface area contributed by atoms with Crippen LogP contribution >= 0.6 is 0 Å². The third-order valence-corrected chi connectivity index (χ3v) is 1.58. The molecular weight excluding hydrogens is 156 g/mol. The molecule has 0 amide bonds. The lowest BCUT2D eigenvalue weighted by Gasteiger charge is -1.99. The van der Waals surface area contributed by atoms with Gasteiger partial charge in [0, 0.05) is 5.56 Å². The molecular formula is C8H12N2O2. The van der Waals surface area contributed by atoms with E-state index >= 15 is 0 Å². The van der Waals surface area contributed by atoms with Crippen molar-refractivity contribution in [3.05, 3.63) is 17.5 Å². The van der Waals surface area contributed by atoms with Crippen molar-refractivity contribution in [2.24, 2.45) is 0 Å². The number of H-pyrrole nitrogens is 1. The first kappa shape index (κ1) is 8.77. The van der Waals surface area contributed by atoms with E-state index in [2.05, 4.69) is 10.2 Å². The van der Waals surface area contributed by atoms with Crippen molar-refractivity contribution in [3.63, 3.8) is 0 Å². The summed E-state index contributed by atoms with van der Waals surface area (Å²) in [4.78, 5) is 11.2. The molecule has 0 aliphatic heterocycles. The van der Waals surface area contributed by atoms with Gasteiger partial charge in [0.15, 0.2) is 0 Å². The number of carbonyl (C=O) groups is 1. The van der Waals surface area contributed by atoms with Gasteiger partial charge in [0.05, 0.1) is 12.8 Å². The molecule has 0 aliphatic rings. The van der Waals surface area contributed by atoms with Crippen molar-refractivity contribution in [1.82, 2.24) is 10.2 Å². The van der Waals surface area contributed by atoms with Crippen molar-refractivity contribution >= 4 is 5.97 Å². The summed E-state index contributed by atoms with van der Waals surface area (Å²) in [6.07, 6.45) is 2.43. The average molecular weight is 168 g/mol. The van der Waals surface area contributed by atoms with Crippen LogP contribution in [-0.4, -0.2) is 22.8 Å². The molecule has 0 atom stereocenters. The van der Waals surface area contributed by atoms with Crippen molar-refractivity contribution < 1.29 is 9.53 Å². The lowest BCUT2D eigenvalue weighted by Crippen LogP contribution is -2.07. The van der Waals surface area contributed by atoms with Gasteiger partial charge < -0.3 is 4.74 Å². The SMILES string of the molecule is CCOC(=O)c1[nH]ncc1CC. The molecule has 0 saturated heterocycles. The van der Waals surface area contributed by atoms with E-state index < -0.39 is 0 Å². The van der Waals surface area contributed by atoms with Gasteiger partial charge >= 0.3 is 5.97 Å². The van der Waals surface area contributed by atoms with Gasteiger partial charge in [0.1, 0.15) is 5.69 Å². The van der Waals surface area contributed by atoms with Crippen molar-refractivity contribution in [2.75, 3.05) is 6.61 Å². The summed E-state index contributed by atoms with van der Waals surface area (Å²) in [6.45, 7) is 4.13. The van der Waals surface area contributed by atoms with Gasteiger partial charge in [-0.2, -0.15) is 5.10 Å². The first-order valence-electron chi connectivity index (χ1n) is 3.99. The molecule has 12 heavy (non-hydrogen) atoms. The highest BCUT2D eigenvalue weighted by Crippen LogP contribution is 2.06. The van der Waals surface area contributed by atoms with Gasteiger partial charge in [-0.1, -0.05) is 6.92 Å². The summed E-state index contributed by atoms with van der Waals surface area (Å²) in [7, 11) is 0. The number of aromatic amines is 1. The first-order chi connectivity index (χ1) is 5.79. The minimum atomic E-state index is -0.327. The first-order valence-corrected chi connectivity index (χ1v) is 3.99. The van der Waals surface area contributed by atoms with Gasteiger partial charge in [-0.15, -0.1) is 0 Å². The summed E-state index contributed by atoms with van der Waals surface area (Å²) >= 11 is 0. The minimum Gasteiger partial charge on any atom is -0.461 e. The van der Waals surface area contributed by atoms with E-state index in [0.717, 1.165) is 12.0 Å². The molecule has 1 aromatic heterocycles. The van der Waals surface area contributed by atoms with Crippen LogP contribution in [0.2, 0.25) is 0 Å². The van der Waals surface area contributed by atoms with Crippen LogP contribution in [0.3, 0.4) is 0 Å². The molecule has 1 aromatic rings. The zero-order chi connectivity index (χ0) is 8.97. The fourth-order valence-electron chi connectivity index (χ4n) is 0.959. The molecule has 0 radical (unpaired) electrons. The number of nitrogens with one attached hydrogen (secondary N) is 1. The fourth-order valence-corrected chi connectivity index (χ4v) is 0.959. The van der Waals surface area contributed by atoms with Crippen LogP contribution in [0.4, 0.5) is 0 Å². The van der Waals surface area contributed by atoms with Crippen LogP contribution in [0, 0.1) is 0 Å². The number of hydrogen-bond donors (Lipinski definition) is 1. The van der Waals surface area contributed by atoms with Crippen molar-refractivity contribution in [2.45, 2.75) is 20.3 Å². The van der Waals surface area contributed by atoms with E-state index in [-0.39, 0.29) is 5.97 Å². The lowest BCUT2D eigenvalue weighted by molar-refractivity contribution is 0.0518. The highest BCUT2D eigenvalue weighted by molar-refractivity contribution is 5.88. The molecule has 0 saturated carbocycles. The zero-order valence-electron chi connectivity index (χ0n) is 7.26. The standard InChI is InChI=1S/C8H12N2O2/c1-3-6-5-9-10-7(6)8(11)12-4-2/h5H,3-4H2,1-2H3,(H,9,10). The minimum absolute atomic E-state index is 0.327. The Morgan fingerprint density at radius 1 is 1.67 bits per heavy atom. The third kappa shape index (κ3) is 1.64. The number of rotatable bonds is 3. The molecule has 0 aromatic carbocycles. The predicted octanol–water partition coefficient (Wildman–Crippen LogP) is 1.15. The molecule has 4 heteroatoms. The number of esters is 1. The van der Waals surface area contributed by atoms with Crippen LogP contribution in [0.25, 0.3) is 0 Å². The second-order valence-electron chi connectivity index (χ2n) is 2.34. The maximum Gasteiger partial charge on any atom is 0.356 e. The molecule has 0 bridgehead atoms. The Morgan fingerprint density at radius 3 is 3.00 bits per heavy atom. The number of aromatic nitrogens is 2. The van der Waals surface area contributed by atoms with E-state index in [4.69, 9.17) is 4.74 Å². The Bertz CT molecular complexity index is 268. The average Bonchev–Trinajstić information content (AvgIpc) is 2.51. The molecule has 0 fully saturated rings. The number of aryl methyl sites for hydroxylation is 1. The Balaban J connectivity index is 2.79. The normalized spacial score (nSPS) is 9.83. The summed E-state index contributed by atoms with van der Waals surface area (Å²) in [5.41, 5.74) is 1.37. The second kappa shape index (κ2) is 3.90. The molecule has 0 spiro atoms. The molecule has 66 valence electrons. The number of nitrogens with zero attached hydrogens (tertiary/aromatic N) is 1. The molecule has 1 N–H and O–H groups in total. The zero-order valence-corrected chi connectivity index (χ0v) is 7.26. The lowest BCUT2D eigenvalue weighted by atomic mass is 10.2. The third-order valence-electron chi connectivity index (χ3n) is 1.58. The van der Waals surface area contributed by atoms with E-state index in [9.17, 15) is 4.79 Å². The van der Waals surface area contributed by atoms with Crippen LogP contribution < -0.4 is 0 Å². The fraction of sp³-hybridized carbons (Fsp3) is 0.500. The maximum atomic E-state index is 11.2. The van der Waals surface area contributed by atoms with E-state index in [0.29, 0.717) is 12.3 Å². The van der Waals surface area contributed by atoms with Crippen molar-refractivity contribution in [3.8, 4) is 0 Å². The van der Waals surface area contributed by atoms with Crippen molar-refractivity contribution in [1.29, 1.82) is 0 Å². The number of ether oxygens (including phenoxy) is 1. The van der Waals surface area contributed by atoms with Crippen LogP contribution in [0.5, 0.6) is 0 Å². The smallest absolute Gasteiger partial charge is 0.356 e. The van der Waals surface area contributed by atoms with Gasteiger partial charge in [-0.3, -0.25) is 5.10 Å². The van der Waals surface area contributed by atoms with Gasteiger partial charge in [0.25, 0.3) is 0 Å². The quantitative estimate of drug-likeness (QED) is 0.689. The van der Waals surface area contributed by atoms with E-state index in [1.807, 2.05) is 6.92 Å². The summed E-state index contributed by atoms with van der Waals surface area (Å²) in [5, 5.41) is 6.39. The van der Waals surface area contributed by atoms with Gasteiger partial charge in [-0.25, -0.2) is 4.79 Å². The molecule has 1 heterocycles. The molecule has 1 rings (SSSR count). The molecule has 0 aliphatic carbocycles.